The first-order valence-electron chi connectivity index (χ1n) is 14.1. The van der Waals surface area contributed by atoms with Gasteiger partial charge in [-0.3, -0.25) is 9.89 Å². The number of nitrogens with one attached hydrogen (secondary N) is 3. The predicted molar refractivity (Wildman–Crippen MR) is 166 cm³/mol. The number of aromatic nitrogens is 4. The number of rotatable bonds is 9. The van der Waals surface area contributed by atoms with Gasteiger partial charge in [-0.25, -0.2) is 9.37 Å². The molecule has 9 heteroatoms. The van der Waals surface area contributed by atoms with E-state index in [-0.39, 0.29) is 18.0 Å². The van der Waals surface area contributed by atoms with Crippen LogP contribution >= 0.6 is 0 Å². The highest BCUT2D eigenvalue weighted by Gasteiger charge is 2.19. The van der Waals surface area contributed by atoms with Crippen molar-refractivity contribution >= 4 is 45.6 Å². The normalized spacial score (nSPS) is 13.7. The second kappa shape index (κ2) is 11.8. The Hall–Kier alpha value is -5.05. The lowest BCUT2D eigenvalue weighted by Gasteiger charge is -2.32. The summed E-state index contributed by atoms with van der Waals surface area (Å²) >= 11 is 0. The summed E-state index contributed by atoms with van der Waals surface area (Å²) in [5, 5.41) is 14.7. The molecule has 2 aromatic heterocycles. The minimum absolute atomic E-state index is 0.0674. The van der Waals surface area contributed by atoms with Gasteiger partial charge in [0.1, 0.15) is 11.6 Å². The minimum atomic E-state index is -0.354. The Morgan fingerprint density at radius 1 is 1.02 bits per heavy atom. The van der Waals surface area contributed by atoms with Crippen molar-refractivity contribution in [3.63, 3.8) is 0 Å². The van der Waals surface area contributed by atoms with Gasteiger partial charge in [-0.15, -0.1) is 0 Å². The Bertz CT molecular complexity index is 1760. The maximum atomic E-state index is 13.9. The highest BCUT2D eigenvalue weighted by molar-refractivity contribution is 6.01. The van der Waals surface area contributed by atoms with Gasteiger partial charge in [-0.05, 0) is 72.9 Å². The number of fused-ring (bicyclic) bond motifs is 1. The number of carbonyl (C=O) groups excluding carboxylic acids is 1. The third kappa shape index (κ3) is 6.00. The molecule has 5 aromatic rings. The molecule has 1 fully saturated rings. The molecule has 0 atom stereocenters. The van der Waals surface area contributed by atoms with Gasteiger partial charge in [0.2, 0.25) is 5.95 Å². The van der Waals surface area contributed by atoms with Crippen molar-refractivity contribution in [2.45, 2.75) is 26.2 Å². The van der Waals surface area contributed by atoms with E-state index in [0.717, 1.165) is 41.5 Å². The molecule has 3 N–H and O–H groups in total. The van der Waals surface area contributed by atoms with E-state index in [2.05, 4.69) is 51.4 Å². The molecule has 0 bridgehead atoms. The molecule has 1 saturated heterocycles. The first kappa shape index (κ1) is 27.1. The first-order valence-corrected chi connectivity index (χ1v) is 14.1. The molecule has 3 aromatic carbocycles. The Balaban J connectivity index is 1.39. The fourth-order valence-corrected chi connectivity index (χ4v) is 5.27. The van der Waals surface area contributed by atoms with Crippen LogP contribution in [0, 0.1) is 11.7 Å². The average Bonchev–Trinajstić information content (AvgIpc) is 3.39. The first-order chi connectivity index (χ1) is 20.4. The smallest absolute Gasteiger partial charge is 0.229 e. The number of nitrogens with zero attached hydrogens (tertiary/aromatic N) is 4. The third-order valence-corrected chi connectivity index (χ3v) is 7.57. The summed E-state index contributed by atoms with van der Waals surface area (Å²) in [6, 6.07) is 22.1. The highest BCUT2D eigenvalue weighted by Crippen LogP contribution is 2.34. The molecular weight excluding hydrogens is 529 g/mol. The van der Waals surface area contributed by atoms with E-state index in [1.807, 2.05) is 36.4 Å². The lowest BCUT2D eigenvalue weighted by Crippen LogP contribution is -2.32. The SMILES string of the molecule is C=CC(=O)Cc1cccc(-c2nc(Nc3cccc(N4CCC(C)CC4)c3)nc3n[nH]c(Nc4cccc(F)c4)c23)c1. The van der Waals surface area contributed by atoms with Crippen LogP contribution in [0.25, 0.3) is 22.3 Å². The van der Waals surface area contributed by atoms with Gasteiger partial charge in [0.25, 0.3) is 0 Å². The van der Waals surface area contributed by atoms with Crippen LogP contribution in [0.4, 0.5) is 33.2 Å². The Morgan fingerprint density at radius 3 is 2.57 bits per heavy atom. The lowest BCUT2D eigenvalue weighted by molar-refractivity contribution is -0.114. The van der Waals surface area contributed by atoms with Crippen LogP contribution < -0.4 is 15.5 Å². The van der Waals surface area contributed by atoms with E-state index < -0.39 is 0 Å². The molecule has 0 spiro atoms. The standard InChI is InChI=1S/C33H32FN7O/c1-3-28(42)18-22-7-4-8-23(17-22)30-29-31(35-25-10-5-9-24(34)19-25)39-40-32(29)38-33(37-30)36-26-11-6-12-27(20-26)41-15-13-21(2)14-16-41/h3-12,17,19-21H,1,13-16,18H2,2H3,(H3,35,36,37,38,39,40). The van der Waals surface area contributed by atoms with E-state index in [9.17, 15) is 9.18 Å². The van der Waals surface area contributed by atoms with Crippen molar-refractivity contribution in [1.29, 1.82) is 0 Å². The summed E-state index contributed by atoms with van der Waals surface area (Å²) in [4.78, 5) is 24.1. The average molecular weight is 562 g/mol. The number of allylic oxidation sites excluding steroid dienone is 1. The Kier molecular flexibility index (Phi) is 7.64. The minimum Gasteiger partial charge on any atom is -0.371 e. The zero-order valence-corrected chi connectivity index (χ0v) is 23.4. The van der Waals surface area contributed by atoms with E-state index in [1.54, 1.807) is 12.1 Å². The molecule has 6 rings (SSSR count). The van der Waals surface area contributed by atoms with Crippen LogP contribution in [0.15, 0.2) is 85.5 Å². The number of aromatic amines is 1. The maximum Gasteiger partial charge on any atom is 0.229 e. The van der Waals surface area contributed by atoms with Crippen LogP contribution in [0.3, 0.4) is 0 Å². The van der Waals surface area contributed by atoms with Crippen molar-refractivity contribution in [2.75, 3.05) is 28.6 Å². The van der Waals surface area contributed by atoms with Gasteiger partial charge < -0.3 is 15.5 Å². The zero-order valence-electron chi connectivity index (χ0n) is 23.4. The number of H-pyrrole nitrogens is 1. The topological polar surface area (TPSA) is 98.8 Å². The molecule has 1 aliphatic rings. The van der Waals surface area contributed by atoms with Gasteiger partial charge in [0.05, 0.1) is 11.1 Å². The Labute approximate surface area is 243 Å². The van der Waals surface area contributed by atoms with Gasteiger partial charge in [-0.2, -0.15) is 10.1 Å². The molecule has 42 heavy (non-hydrogen) atoms. The molecule has 1 aliphatic heterocycles. The van der Waals surface area contributed by atoms with Gasteiger partial charge in [-0.1, -0.05) is 43.8 Å². The highest BCUT2D eigenvalue weighted by atomic mass is 19.1. The van der Waals surface area contributed by atoms with Crippen molar-refractivity contribution in [3.8, 4) is 11.3 Å². The summed E-state index contributed by atoms with van der Waals surface area (Å²) in [6.45, 7) is 7.97. The van der Waals surface area contributed by atoms with Crippen LogP contribution in [-0.2, 0) is 11.2 Å². The summed E-state index contributed by atoms with van der Waals surface area (Å²) < 4.78 is 13.9. The molecular formula is C33H32FN7O. The largest absolute Gasteiger partial charge is 0.371 e. The van der Waals surface area contributed by atoms with Crippen molar-refractivity contribution in [3.05, 3.63) is 96.8 Å². The molecule has 0 amide bonds. The summed E-state index contributed by atoms with van der Waals surface area (Å²) in [7, 11) is 0. The molecule has 0 unspecified atom stereocenters. The number of benzene rings is 3. The van der Waals surface area contributed by atoms with E-state index >= 15 is 0 Å². The third-order valence-electron chi connectivity index (χ3n) is 7.57. The fourth-order valence-electron chi connectivity index (χ4n) is 5.27. The fraction of sp³-hybridized carbons (Fsp3) is 0.212. The number of hydrogen-bond donors (Lipinski definition) is 3. The Morgan fingerprint density at radius 2 is 1.79 bits per heavy atom. The summed E-state index contributed by atoms with van der Waals surface area (Å²) in [6.07, 6.45) is 3.93. The quantitative estimate of drug-likeness (QED) is 0.164. The van der Waals surface area contributed by atoms with E-state index in [1.165, 1.54) is 31.1 Å². The van der Waals surface area contributed by atoms with Crippen LogP contribution in [0.5, 0.6) is 0 Å². The summed E-state index contributed by atoms with van der Waals surface area (Å²) in [5.41, 5.74) is 5.27. The van der Waals surface area contributed by atoms with Crippen LogP contribution in [0.2, 0.25) is 0 Å². The molecule has 0 aliphatic carbocycles. The maximum absolute atomic E-state index is 13.9. The molecule has 8 nitrogen and oxygen atoms in total. The second-order valence-electron chi connectivity index (χ2n) is 10.7. The van der Waals surface area contributed by atoms with E-state index in [4.69, 9.17) is 9.97 Å². The van der Waals surface area contributed by atoms with Crippen molar-refractivity contribution in [1.82, 2.24) is 20.2 Å². The van der Waals surface area contributed by atoms with Crippen molar-refractivity contribution in [2.24, 2.45) is 5.92 Å². The molecule has 3 heterocycles. The number of carbonyl (C=O) groups is 1. The van der Waals surface area contributed by atoms with Gasteiger partial charge in [0, 0.05) is 42.1 Å². The second-order valence-corrected chi connectivity index (χ2v) is 10.7. The van der Waals surface area contributed by atoms with E-state index in [0.29, 0.717) is 34.2 Å². The van der Waals surface area contributed by atoms with Crippen LogP contribution in [0.1, 0.15) is 25.3 Å². The molecule has 212 valence electrons. The predicted octanol–water partition coefficient (Wildman–Crippen LogP) is 7.18. The van der Waals surface area contributed by atoms with Crippen molar-refractivity contribution < 1.29 is 9.18 Å². The monoisotopic (exact) mass is 561 g/mol. The number of ketones is 1. The number of halogens is 1. The van der Waals surface area contributed by atoms with Crippen LogP contribution in [-0.4, -0.2) is 39.0 Å². The zero-order chi connectivity index (χ0) is 29.1. The number of piperidine rings is 1. The van der Waals surface area contributed by atoms with Gasteiger partial charge in [0.15, 0.2) is 11.4 Å². The molecule has 0 saturated carbocycles. The molecule has 0 radical (unpaired) electrons. The number of anilines is 5. The lowest BCUT2D eigenvalue weighted by atomic mass is 9.99. The summed E-state index contributed by atoms with van der Waals surface area (Å²) in [5.74, 6) is 1.25. The van der Waals surface area contributed by atoms with Gasteiger partial charge >= 0.3 is 0 Å². The number of hydrogen-bond acceptors (Lipinski definition) is 7.